The summed E-state index contributed by atoms with van der Waals surface area (Å²) in [4.78, 5) is 10.8. The lowest BCUT2D eigenvalue weighted by atomic mass is 9.86. The van der Waals surface area contributed by atoms with E-state index < -0.39 is 0 Å². The number of carbonyl (C=O) groups is 1. The van der Waals surface area contributed by atoms with Crippen LogP contribution >= 0.6 is 0 Å². The van der Waals surface area contributed by atoms with Gasteiger partial charge < -0.3 is 4.79 Å². The van der Waals surface area contributed by atoms with E-state index in [-0.39, 0.29) is 5.78 Å². The van der Waals surface area contributed by atoms with Crippen LogP contribution in [0.1, 0.15) is 53.9 Å². The molecule has 0 aromatic heterocycles. The molecule has 1 atom stereocenters. The first-order chi connectivity index (χ1) is 6.49. The average Bonchev–Trinajstić information content (AvgIpc) is 2.03. The molecule has 0 aromatic carbocycles. The van der Waals surface area contributed by atoms with Gasteiger partial charge in [0.1, 0.15) is 5.78 Å². The van der Waals surface area contributed by atoms with Gasteiger partial charge in [0, 0.05) is 6.42 Å². The van der Waals surface area contributed by atoms with Crippen LogP contribution in [0.5, 0.6) is 0 Å². The van der Waals surface area contributed by atoms with E-state index in [1.54, 1.807) is 6.92 Å². The summed E-state index contributed by atoms with van der Waals surface area (Å²) in [5.74, 6) is 1.67. The number of hydrogen-bond donors (Lipinski definition) is 0. The van der Waals surface area contributed by atoms with Crippen molar-refractivity contribution in [2.75, 3.05) is 0 Å². The lowest BCUT2D eigenvalue weighted by Crippen LogP contribution is -2.08. The summed E-state index contributed by atoms with van der Waals surface area (Å²) in [5.41, 5.74) is 1.45. The Labute approximate surface area is 88.6 Å². The van der Waals surface area contributed by atoms with Crippen molar-refractivity contribution in [2.24, 2.45) is 11.8 Å². The van der Waals surface area contributed by atoms with Crippen molar-refractivity contribution in [3.8, 4) is 0 Å². The van der Waals surface area contributed by atoms with Gasteiger partial charge in [0.15, 0.2) is 0 Å². The van der Waals surface area contributed by atoms with Gasteiger partial charge in [0.25, 0.3) is 0 Å². The lowest BCUT2D eigenvalue weighted by molar-refractivity contribution is -0.116. The minimum Gasteiger partial charge on any atom is -0.300 e. The van der Waals surface area contributed by atoms with E-state index in [1.165, 1.54) is 12.0 Å². The average molecular weight is 196 g/mol. The highest BCUT2D eigenvalue weighted by atomic mass is 16.1. The largest absolute Gasteiger partial charge is 0.300 e. The molecule has 0 saturated carbocycles. The summed E-state index contributed by atoms with van der Waals surface area (Å²) >= 11 is 0. The van der Waals surface area contributed by atoms with Crippen molar-refractivity contribution in [1.82, 2.24) is 0 Å². The predicted octanol–water partition coefficient (Wildman–Crippen LogP) is 3.98. The summed E-state index contributed by atoms with van der Waals surface area (Å²) in [7, 11) is 0. The zero-order valence-electron chi connectivity index (χ0n) is 10.3. The maximum Gasteiger partial charge on any atom is 0.130 e. The Hall–Kier alpha value is -0.590. The maximum absolute atomic E-state index is 10.8. The number of allylic oxidation sites excluding steroid dienone is 2. The van der Waals surface area contributed by atoms with Crippen LogP contribution in [0.3, 0.4) is 0 Å². The Balaban J connectivity index is 4.13. The van der Waals surface area contributed by atoms with E-state index >= 15 is 0 Å². The highest BCUT2D eigenvalue weighted by molar-refractivity contribution is 5.75. The first-order valence-electron chi connectivity index (χ1n) is 5.65. The van der Waals surface area contributed by atoms with E-state index in [0.717, 1.165) is 6.42 Å². The summed E-state index contributed by atoms with van der Waals surface area (Å²) in [6.07, 6.45) is 5.02. The van der Waals surface area contributed by atoms with E-state index in [0.29, 0.717) is 18.3 Å². The molecule has 1 nitrogen and oxygen atoms in total. The van der Waals surface area contributed by atoms with Crippen LogP contribution in [0.2, 0.25) is 0 Å². The van der Waals surface area contributed by atoms with Crippen molar-refractivity contribution < 1.29 is 4.79 Å². The first-order valence-corrected chi connectivity index (χ1v) is 5.65. The molecular formula is C13H24O. The maximum atomic E-state index is 10.8. The smallest absolute Gasteiger partial charge is 0.130 e. The summed E-state index contributed by atoms with van der Waals surface area (Å²) in [6.45, 7) is 10.6. The molecule has 0 bridgehead atoms. The molecular weight excluding hydrogens is 172 g/mol. The van der Waals surface area contributed by atoms with Gasteiger partial charge in [-0.2, -0.15) is 0 Å². The van der Waals surface area contributed by atoms with E-state index in [9.17, 15) is 4.79 Å². The molecule has 0 aliphatic carbocycles. The number of rotatable bonds is 6. The Morgan fingerprint density at radius 1 is 1.29 bits per heavy atom. The third-order valence-electron chi connectivity index (χ3n) is 2.79. The highest BCUT2D eigenvalue weighted by Crippen LogP contribution is 2.23. The minimum atomic E-state index is 0.284. The molecule has 82 valence electrons. The highest BCUT2D eigenvalue weighted by Gasteiger charge is 2.12. The minimum absolute atomic E-state index is 0.284. The predicted molar refractivity (Wildman–Crippen MR) is 62.3 cm³/mol. The Bertz CT molecular complexity index is 201. The number of ketones is 1. The Kier molecular flexibility index (Phi) is 6.52. The normalized spacial score (nSPS) is 14.6. The van der Waals surface area contributed by atoms with Crippen LogP contribution in [0, 0.1) is 11.8 Å². The molecule has 0 amide bonds. The van der Waals surface area contributed by atoms with Crippen LogP contribution in [0.15, 0.2) is 11.6 Å². The molecule has 0 rings (SSSR count). The molecule has 0 aliphatic rings. The van der Waals surface area contributed by atoms with E-state index in [2.05, 4.69) is 33.8 Å². The zero-order valence-corrected chi connectivity index (χ0v) is 10.3. The van der Waals surface area contributed by atoms with Crippen molar-refractivity contribution in [3.05, 3.63) is 11.6 Å². The quantitative estimate of drug-likeness (QED) is 0.587. The fourth-order valence-corrected chi connectivity index (χ4v) is 1.97. The molecule has 0 spiro atoms. The van der Waals surface area contributed by atoms with Gasteiger partial charge >= 0.3 is 0 Å². The van der Waals surface area contributed by atoms with Gasteiger partial charge in [-0.1, -0.05) is 32.4 Å². The number of Topliss-reactive ketones (excluding diaryl/α,β-unsaturated/α-hetero) is 1. The second-order valence-corrected chi connectivity index (χ2v) is 4.45. The van der Waals surface area contributed by atoms with Crippen molar-refractivity contribution in [3.63, 3.8) is 0 Å². The molecule has 1 heteroatoms. The van der Waals surface area contributed by atoms with Crippen LogP contribution < -0.4 is 0 Å². The molecule has 0 N–H and O–H groups in total. The lowest BCUT2D eigenvalue weighted by Gasteiger charge is -2.19. The SMILES string of the molecule is CCC(/C(C)=C/CCC(C)=O)C(C)C. The van der Waals surface area contributed by atoms with Gasteiger partial charge in [0.2, 0.25) is 0 Å². The van der Waals surface area contributed by atoms with Gasteiger partial charge in [-0.25, -0.2) is 0 Å². The third kappa shape index (κ3) is 5.21. The summed E-state index contributed by atoms with van der Waals surface area (Å²) < 4.78 is 0. The van der Waals surface area contributed by atoms with Crippen molar-refractivity contribution in [2.45, 2.75) is 53.9 Å². The van der Waals surface area contributed by atoms with Gasteiger partial charge in [0.05, 0.1) is 0 Å². The Morgan fingerprint density at radius 2 is 1.86 bits per heavy atom. The van der Waals surface area contributed by atoms with Crippen molar-refractivity contribution >= 4 is 5.78 Å². The molecule has 0 heterocycles. The second kappa shape index (κ2) is 6.80. The van der Waals surface area contributed by atoms with Gasteiger partial charge in [-0.05, 0) is 38.5 Å². The first kappa shape index (κ1) is 13.4. The summed E-state index contributed by atoms with van der Waals surface area (Å²) in [5, 5.41) is 0. The molecule has 0 fully saturated rings. The third-order valence-corrected chi connectivity index (χ3v) is 2.79. The van der Waals surface area contributed by atoms with Crippen molar-refractivity contribution in [1.29, 1.82) is 0 Å². The number of carbonyl (C=O) groups excluding carboxylic acids is 1. The zero-order chi connectivity index (χ0) is 11.1. The Morgan fingerprint density at radius 3 is 2.21 bits per heavy atom. The molecule has 14 heavy (non-hydrogen) atoms. The van der Waals surface area contributed by atoms with Gasteiger partial charge in [-0.15, -0.1) is 0 Å². The van der Waals surface area contributed by atoms with E-state index in [1.807, 2.05) is 0 Å². The fraction of sp³-hybridized carbons (Fsp3) is 0.769. The fourth-order valence-electron chi connectivity index (χ4n) is 1.97. The second-order valence-electron chi connectivity index (χ2n) is 4.45. The molecule has 0 saturated heterocycles. The molecule has 0 aliphatic heterocycles. The molecule has 0 radical (unpaired) electrons. The van der Waals surface area contributed by atoms with Crippen LogP contribution in [0.4, 0.5) is 0 Å². The summed E-state index contributed by atoms with van der Waals surface area (Å²) in [6, 6.07) is 0. The topological polar surface area (TPSA) is 17.1 Å². The molecule has 1 unspecified atom stereocenters. The monoisotopic (exact) mass is 196 g/mol. The standard InChI is InChI=1S/C13H24O/c1-6-13(10(2)3)11(4)8-7-9-12(5)14/h8,10,13H,6-7,9H2,1-5H3/b11-8+. The van der Waals surface area contributed by atoms with Crippen LogP contribution in [-0.4, -0.2) is 5.78 Å². The van der Waals surface area contributed by atoms with Crippen LogP contribution in [-0.2, 0) is 4.79 Å². The van der Waals surface area contributed by atoms with Gasteiger partial charge in [-0.3, -0.25) is 0 Å². The number of hydrogen-bond acceptors (Lipinski definition) is 1. The molecule has 0 aromatic rings. The van der Waals surface area contributed by atoms with Crippen LogP contribution in [0.25, 0.3) is 0 Å². The van der Waals surface area contributed by atoms with E-state index in [4.69, 9.17) is 0 Å².